The van der Waals surface area contributed by atoms with Crippen LogP contribution in [0.2, 0.25) is 0 Å². The zero-order valence-corrected chi connectivity index (χ0v) is 18.6. The third kappa shape index (κ3) is 5.72. The number of carbonyl (C=O) groups is 1. The molecule has 0 fully saturated rings. The Balaban J connectivity index is 1.93. The number of aromatic nitrogens is 2. The van der Waals surface area contributed by atoms with Gasteiger partial charge in [0.05, 0.1) is 11.9 Å². The second-order valence-electron chi connectivity index (χ2n) is 7.07. The summed E-state index contributed by atoms with van der Waals surface area (Å²) in [6.45, 7) is 0.691. The van der Waals surface area contributed by atoms with Crippen LogP contribution in [0.1, 0.15) is 22.3 Å². The van der Waals surface area contributed by atoms with Crippen molar-refractivity contribution >= 4 is 25.8 Å². The molecule has 12 heteroatoms. The van der Waals surface area contributed by atoms with Gasteiger partial charge in [0, 0.05) is 25.2 Å². The van der Waals surface area contributed by atoms with Gasteiger partial charge in [0.2, 0.25) is 10.0 Å². The van der Waals surface area contributed by atoms with Crippen LogP contribution >= 0.6 is 0 Å². The van der Waals surface area contributed by atoms with Gasteiger partial charge in [0.1, 0.15) is 21.3 Å². The number of nitrogens with two attached hydrogens (primary N) is 1. The predicted molar refractivity (Wildman–Crippen MR) is 115 cm³/mol. The van der Waals surface area contributed by atoms with Crippen LogP contribution < -0.4 is 9.88 Å². The molecule has 3 rings (SSSR count). The molecule has 10 nitrogen and oxygen atoms in total. The highest BCUT2D eigenvalue weighted by molar-refractivity contribution is 7.90. The maximum atomic E-state index is 12.2. The highest BCUT2D eigenvalue weighted by Gasteiger charge is 2.22. The Labute approximate surface area is 185 Å². The number of hydrogen-bond donors (Lipinski definition) is 2. The number of aromatic carboxylic acids is 1. The molecule has 0 spiro atoms. The van der Waals surface area contributed by atoms with Crippen molar-refractivity contribution in [1.82, 2.24) is 9.55 Å². The van der Waals surface area contributed by atoms with Gasteiger partial charge in [-0.25, -0.2) is 31.8 Å². The van der Waals surface area contributed by atoms with Crippen LogP contribution in [0, 0.1) is 0 Å². The third-order valence-corrected chi connectivity index (χ3v) is 6.62. The van der Waals surface area contributed by atoms with Crippen molar-refractivity contribution in [2.24, 2.45) is 5.14 Å². The maximum Gasteiger partial charge on any atom is 0.335 e. The van der Waals surface area contributed by atoms with E-state index in [0.29, 0.717) is 18.5 Å². The molecule has 0 unspecified atom stereocenters. The molecular formula is C20H21N3O7S2. The second-order valence-corrected chi connectivity index (χ2v) is 10.6. The standard InChI is InChI=1S/C20H21N3O7S2/c1-31(26,27)18-12-15(20(24)25)5-7-16(18)30-17-6-4-14(11-19(17)32(21,28)29)3-2-9-23-10-8-22-13-23/h4-8,10-13H,2-3,9H2,1H3,(H,24,25)(H2,21,28,29). The number of primary sulfonamides is 1. The van der Waals surface area contributed by atoms with Gasteiger partial charge in [-0.05, 0) is 48.7 Å². The average molecular weight is 480 g/mol. The highest BCUT2D eigenvalue weighted by atomic mass is 32.2. The summed E-state index contributed by atoms with van der Waals surface area (Å²) in [6, 6.07) is 7.70. The number of imidazole rings is 1. The summed E-state index contributed by atoms with van der Waals surface area (Å²) < 4.78 is 56.1. The first-order valence-corrected chi connectivity index (χ1v) is 12.8. The Kier molecular flexibility index (Phi) is 6.67. The van der Waals surface area contributed by atoms with Gasteiger partial charge < -0.3 is 14.4 Å². The van der Waals surface area contributed by atoms with E-state index in [0.717, 1.165) is 30.9 Å². The van der Waals surface area contributed by atoms with Crippen molar-refractivity contribution in [2.75, 3.05) is 6.26 Å². The number of sulfonamides is 1. The first-order chi connectivity index (χ1) is 14.9. The van der Waals surface area contributed by atoms with E-state index in [1.807, 2.05) is 10.8 Å². The molecule has 32 heavy (non-hydrogen) atoms. The molecule has 1 aromatic heterocycles. The number of rotatable bonds is 9. The molecule has 0 atom stereocenters. The van der Waals surface area contributed by atoms with Crippen LogP contribution in [0.25, 0.3) is 0 Å². The van der Waals surface area contributed by atoms with E-state index in [-0.39, 0.29) is 26.9 Å². The van der Waals surface area contributed by atoms with Crippen LogP contribution in [0.3, 0.4) is 0 Å². The Hall–Kier alpha value is -3.22. The number of carboxylic acid groups (broad SMARTS) is 1. The molecule has 0 saturated carbocycles. The highest BCUT2D eigenvalue weighted by Crippen LogP contribution is 2.34. The Morgan fingerprint density at radius 1 is 1.09 bits per heavy atom. The lowest BCUT2D eigenvalue weighted by Crippen LogP contribution is -2.14. The molecule has 0 bridgehead atoms. The van der Waals surface area contributed by atoms with Crippen LogP contribution in [0.15, 0.2) is 64.9 Å². The van der Waals surface area contributed by atoms with E-state index in [9.17, 15) is 21.6 Å². The molecule has 2 aromatic carbocycles. The van der Waals surface area contributed by atoms with Gasteiger partial charge in [-0.15, -0.1) is 0 Å². The van der Waals surface area contributed by atoms with Crippen molar-refractivity contribution in [2.45, 2.75) is 29.2 Å². The largest absolute Gasteiger partial charge is 0.478 e. The molecule has 0 aliphatic heterocycles. The summed E-state index contributed by atoms with van der Waals surface area (Å²) in [5, 5.41) is 14.5. The summed E-state index contributed by atoms with van der Waals surface area (Å²) >= 11 is 0. The number of carboxylic acids is 1. The molecule has 0 radical (unpaired) electrons. The van der Waals surface area contributed by atoms with E-state index in [1.54, 1.807) is 18.6 Å². The van der Waals surface area contributed by atoms with Crippen LogP contribution in [0.4, 0.5) is 0 Å². The summed E-state index contributed by atoms with van der Waals surface area (Å²) in [6.07, 6.45) is 7.34. The minimum absolute atomic E-state index is 0.168. The van der Waals surface area contributed by atoms with Gasteiger partial charge >= 0.3 is 5.97 Å². The van der Waals surface area contributed by atoms with Crippen LogP contribution in [0.5, 0.6) is 11.5 Å². The van der Waals surface area contributed by atoms with Gasteiger partial charge in [-0.3, -0.25) is 0 Å². The average Bonchev–Trinajstić information content (AvgIpc) is 3.21. The van der Waals surface area contributed by atoms with Crippen LogP contribution in [-0.4, -0.2) is 43.7 Å². The van der Waals surface area contributed by atoms with Crippen molar-refractivity contribution in [1.29, 1.82) is 0 Å². The first kappa shape index (κ1) is 23.4. The maximum absolute atomic E-state index is 12.2. The lowest BCUT2D eigenvalue weighted by Gasteiger charge is -2.14. The van der Waals surface area contributed by atoms with Gasteiger partial charge in [0.15, 0.2) is 9.84 Å². The SMILES string of the molecule is CS(=O)(=O)c1cc(C(=O)O)ccc1Oc1ccc(CCCn2ccnc2)cc1S(N)(=O)=O. The normalized spacial score (nSPS) is 11.9. The zero-order valence-electron chi connectivity index (χ0n) is 17.0. The topological polar surface area (TPSA) is 159 Å². The molecule has 0 aliphatic carbocycles. The summed E-state index contributed by atoms with van der Waals surface area (Å²) in [5.41, 5.74) is 0.448. The number of ether oxygens (including phenoxy) is 1. The van der Waals surface area contributed by atoms with Crippen molar-refractivity contribution < 1.29 is 31.5 Å². The number of nitrogens with zero attached hydrogens (tertiary/aromatic N) is 2. The van der Waals surface area contributed by atoms with Gasteiger partial charge in [-0.2, -0.15) is 0 Å². The molecule has 3 N–H and O–H groups in total. The van der Waals surface area contributed by atoms with Crippen molar-refractivity contribution in [3.05, 3.63) is 66.2 Å². The molecule has 0 saturated heterocycles. The van der Waals surface area contributed by atoms with E-state index in [1.165, 1.54) is 12.1 Å². The first-order valence-electron chi connectivity index (χ1n) is 9.32. The zero-order chi connectivity index (χ0) is 23.5. The molecular weight excluding hydrogens is 458 g/mol. The fourth-order valence-corrected chi connectivity index (χ4v) is 4.56. The summed E-state index contributed by atoms with van der Waals surface area (Å²) in [7, 11) is -8.07. The number of benzene rings is 2. The smallest absolute Gasteiger partial charge is 0.335 e. The Morgan fingerprint density at radius 2 is 1.78 bits per heavy atom. The lowest BCUT2D eigenvalue weighted by molar-refractivity contribution is 0.0696. The van der Waals surface area contributed by atoms with Crippen LogP contribution in [-0.2, 0) is 32.8 Å². The predicted octanol–water partition coefficient (Wildman–Crippen LogP) is 2.06. The van der Waals surface area contributed by atoms with Crippen molar-refractivity contribution in [3.8, 4) is 11.5 Å². The van der Waals surface area contributed by atoms with Gasteiger partial charge in [0.25, 0.3) is 0 Å². The molecule has 170 valence electrons. The molecule has 3 aromatic rings. The fraction of sp³-hybridized carbons (Fsp3) is 0.200. The van der Waals surface area contributed by atoms with E-state index >= 15 is 0 Å². The van der Waals surface area contributed by atoms with E-state index in [2.05, 4.69) is 4.98 Å². The summed E-state index contributed by atoms with van der Waals surface area (Å²) in [5.74, 6) is -1.69. The Bertz CT molecular complexity index is 1350. The Morgan fingerprint density at radius 3 is 2.38 bits per heavy atom. The fourth-order valence-electron chi connectivity index (χ4n) is 3.03. The molecule has 0 amide bonds. The van der Waals surface area contributed by atoms with Crippen molar-refractivity contribution in [3.63, 3.8) is 0 Å². The van der Waals surface area contributed by atoms with E-state index in [4.69, 9.17) is 15.0 Å². The molecule has 1 heterocycles. The lowest BCUT2D eigenvalue weighted by atomic mass is 10.1. The monoisotopic (exact) mass is 479 g/mol. The second kappa shape index (κ2) is 9.10. The number of sulfone groups is 1. The number of aryl methyl sites for hydroxylation is 2. The minimum atomic E-state index is -4.20. The third-order valence-electron chi connectivity index (χ3n) is 4.57. The van der Waals surface area contributed by atoms with Gasteiger partial charge in [-0.1, -0.05) is 6.07 Å². The quantitative estimate of drug-likeness (QED) is 0.472. The minimum Gasteiger partial charge on any atom is -0.478 e. The molecule has 0 aliphatic rings. The summed E-state index contributed by atoms with van der Waals surface area (Å²) in [4.78, 5) is 14.5. The number of hydrogen-bond acceptors (Lipinski definition) is 7. The van der Waals surface area contributed by atoms with E-state index < -0.39 is 25.8 Å².